The van der Waals surface area contributed by atoms with Crippen LogP contribution in [0.5, 0.6) is 5.75 Å². The highest BCUT2D eigenvalue weighted by atomic mass is 19.4. The summed E-state index contributed by atoms with van der Waals surface area (Å²) in [6.45, 7) is 0. The summed E-state index contributed by atoms with van der Waals surface area (Å²) < 4.78 is 36.3. The lowest BCUT2D eigenvalue weighted by atomic mass is 10.0. The molecule has 0 heterocycles. The van der Waals surface area contributed by atoms with E-state index in [1.165, 1.54) is 12.1 Å². The molecule has 0 radical (unpaired) electrons. The maximum Gasteiger partial charge on any atom is 0.415 e. The molecule has 0 saturated carbocycles. The minimum Gasteiger partial charge on any atom is -0.508 e. The molecule has 0 amide bonds. The number of benzene rings is 1. The summed E-state index contributed by atoms with van der Waals surface area (Å²) >= 11 is 0. The Labute approximate surface area is 90.3 Å². The standard InChI is InChI=1S/C10H12F3NO2/c11-10(12,13)9(16)7(14)5-6-3-1-2-4-8(6)15/h1-4,7,9,15-16H,5,14H2. The lowest BCUT2D eigenvalue weighted by molar-refractivity contribution is -0.209. The van der Waals surface area contributed by atoms with Gasteiger partial charge in [-0.2, -0.15) is 13.2 Å². The fourth-order valence-electron chi connectivity index (χ4n) is 1.29. The number of phenolic OH excluding ortho intramolecular Hbond substituents is 1. The van der Waals surface area contributed by atoms with Gasteiger partial charge in [0.1, 0.15) is 5.75 Å². The van der Waals surface area contributed by atoms with E-state index in [0.29, 0.717) is 0 Å². The zero-order chi connectivity index (χ0) is 12.3. The van der Waals surface area contributed by atoms with E-state index in [9.17, 15) is 18.3 Å². The number of alkyl halides is 3. The molecule has 0 aliphatic carbocycles. The largest absolute Gasteiger partial charge is 0.508 e. The Hall–Kier alpha value is -1.27. The van der Waals surface area contributed by atoms with E-state index in [4.69, 9.17) is 10.8 Å². The molecule has 1 aromatic rings. The second kappa shape index (κ2) is 4.71. The first-order valence-corrected chi connectivity index (χ1v) is 4.59. The molecule has 90 valence electrons. The third-order valence-electron chi connectivity index (χ3n) is 2.19. The lowest BCUT2D eigenvalue weighted by Crippen LogP contribution is -2.46. The van der Waals surface area contributed by atoms with Crippen LogP contribution >= 0.6 is 0 Å². The molecule has 1 aromatic carbocycles. The van der Waals surface area contributed by atoms with Gasteiger partial charge in [-0.15, -0.1) is 0 Å². The van der Waals surface area contributed by atoms with Crippen molar-refractivity contribution in [3.63, 3.8) is 0 Å². The smallest absolute Gasteiger partial charge is 0.415 e. The molecule has 0 aliphatic rings. The number of hydrogen-bond donors (Lipinski definition) is 3. The van der Waals surface area contributed by atoms with Crippen molar-refractivity contribution < 1.29 is 23.4 Å². The van der Waals surface area contributed by atoms with Crippen LogP contribution in [0.4, 0.5) is 13.2 Å². The van der Waals surface area contributed by atoms with Crippen LogP contribution < -0.4 is 5.73 Å². The first kappa shape index (κ1) is 12.8. The van der Waals surface area contributed by atoms with Crippen LogP contribution in [0, 0.1) is 0 Å². The van der Waals surface area contributed by atoms with Gasteiger partial charge in [0.25, 0.3) is 0 Å². The van der Waals surface area contributed by atoms with E-state index in [0.717, 1.165) is 0 Å². The third kappa shape index (κ3) is 3.11. The molecule has 1 rings (SSSR count). The molecule has 4 N–H and O–H groups in total. The SMILES string of the molecule is NC(Cc1ccccc1O)C(O)C(F)(F)F. The first-order chi connectivity index (χ1) is 7.32. The monoisotopic (exact) mass is 235 g/mol. The summed E-state index contributed by atoms with van der Waals surface area (Å²) in [6.07, 6.45) is -7.58. The number of aliphatic hydroxyl groups is 1. The van der Waals surface area contributed by atoms with Gasteiger partial charge in [-0.1, -0.05) is 18.2 Å². The fourth-order valence-corrected chi connectivity index (χ4v) is 1.29. The number of para-hydroxylation sites is 1. The highest BCUT2D eigenvalue weighted by molar-refractivity contribution is 5.32. The Bertz CT molecular complexity index is 354. The van der Waals surface area contributed by atoms with Crippen molar-refractivity contribution in [2.45, 2.75) is 24.7 Å². The number of phenols is 1. The zero-order valence-corrected chi connectivity index (χ0v) is 8.28. The molecule has 16 heavy (non-hydrogen) atoms. The Morgan fingerprint density at radius 3 is 2.31 bits per heavy atom. The third-order valence-corrected chi connectivity index (χ3v) is 2.19. The number of halogens is 3. The molecule has 6 heteroatoms. The molecule has 0 saturated heterocycles. The summed E-state index contributed by atoms with van der Waals surface area (Å²) in [7, 11) is 0. The molecule has 0 aliphatic heterocycles. The number of hydrogen-bond acceptors (Lipinski definition) is 3. The predicted octanol–water partition coefficient (Wildman–Crippen LogP) is 1.19. The van der Waals surface area contributed by atoms with E-state index in [1.807, 2.05) is 0 Å². The number of aromatic hydroxyl groups is 1. The van der Waals surface area contributed by atoms with Crippen LogP contribution in [0.2, 0.25) is 0 Å². The van der Waals surface area contributed by atoms with Gasteiger partial charge < -0.3 is 15.9 Å². The molecule has 0 bridgehead atoms. The normalized spacial score (nSPS) is 15.8. The molecule has 0 fully saturated rings. The molecule has 0 spiro atoms. The van der Waals surface area contributed by atoms with Gasteiger partial charge in [-0.3, -0.25) is 0 Å². The van der Waals surface area contributed by atoms with Gasteiger partial charge in [-0.25, -0.2) is 0 Å². The van der Waals surface area contributed by atoms with Crippen LogP contribution in [0.3, 0.4) is 0 Å². The highest BCUT2D eigenvalue weighted by Gasteiger charge is 2.42. The van der Waals surface area contributed by atoms with Crippen molar-refractivity contribution >= 4 is 0 Å². The van der Waals surface area contributed by atoms with Crippen LogP contribution in [0.15, 0.2) is 24.3 Å². The lowest BCUT2D eigenvalue weighted by Gasteiger charge is -2.21. The van der Waals surface area contributed by atoms with Gasteiger partial charge in [-0.05, 0) is 18.1 Å². The molecule has 0 aromatic heterocycles. The minimum absolute atomic E-state index is 0.132. The molecule has 2 atom stereocenters. The average Bonchev–Trinajstić information content (AvgIpc) is 2.19. The maximum atomic E-state index is 12.1. The van der Waals surface area contributed by atoms with Crippen molar-refractivity contribution in [1.82, 2.24) is 0 Å². The van der Waals surface area contributed by atoms with Crippen LogP contribution in [0.1, 0.15) is 5.56 Å². The van der Waals surface area contributed by atoms with Crippen molar-refractivity contribution in [1.29, 1.82) is 0 Å². The summed E-state index contributed by atoms with van der Waals surface area (Å²) in [6, 6.07) is 4.43. The van der Waals surface area contributed by atoms with E-state index < -0.39 is 18.3 Å². The number of rotatable bonds is 3. The van der Waals surface area contributed by atoms with Gasteiger partial charge in [0, 0.05) is 6.04 Å². The molecule has 3 nitrogen and oxygen atoms in total. The Balaban J connectivity index is 2.72. The quantitative estimate of drug-likeness (QED) is 0.737. The highest BCUT2D eigenvalue weighted by Crippen LogP contribution is 2.25. The maximum absolute atomic E-state index is 12.1. The Morgan fingerprint density at radius 2 is 1.81 bits per heavy atom. The first-order valence-electron chi connectivity index (χ1n) is 4.59. The second-order valence-electron chi connectivity index (χ2n) is 3.48. The van der Waals surface area contributed by atoms with E-state index >= 15 is 0 Å². The topological polar surface area (TPSA) is 66.5 Å². The van der Waals surface area contributed by atoms with E-state index in [2.05, 4.69) is 0 Å². The fraction of sp³-hybridized carbons (Fsp3) is 0.400. The van der Waals surface area contributed by atoms with Crippen molar-refractivity contribution in [3.8, 4) is 5.75 Å². The van der Waals surface area contributed by atoms with Crippen LogP contribution in [-0.4, -0.2) is 28.5 Å². The van der Waals surface area contributed by atoms with Crippen LogP contribution in [0.25, 0.3) is 0 Å². The van der Waals surface area contributed by atoms with Gasteiger partial charge >= 0.3 is 6.18 Å². The van der Waals surface area contributed by atoms with Gasteiger partial charge in [0.15, 0.2) is 6.10 Å². The predicted molar refractivity (Wildman–Crippen MR) is 51.8 cm³/mol. The van der Waals surface area contributed by atoms with Gasteiger partial charge in [0.05, 0.1) is 0 Å². The summed E-state index contributed by atoms with van der Waals surface area (Å²) in [4.78, 5) is 0. The van der Waals surface area contributed by atoms with E-state index in [1.54, 1.807) is 12.1 Å². The minimum atomic E-state index is -4.75. The zero-order valence-electron chi connectivity index (χ0n) is 8.28. The Kier molecular flexibility index (Phi) is 3.77. The average molecular weight is 235 g/mol. The van der Waals surface area contributed by atoms with E-state index in [-0.39, 0.29) is 17.7 Å². The second-order valence-corrected chi connectivity index (χ2v) is 3.48. The Morgan fingerprint density at radius 1 is 1.25 bits per heavy atom. The summed E-state index contributed by atoms with van der Waals surface area (Å²) in [5.74, 6) is -0.132. The van der Waals surface area contributed by atoms with Crippen molar-refractivity contribution in [2.24, 2.45) is 5.73 Å². The van der Waals surface area contributed by atoms with Gasteiger partial charge in [0.2, 0.25) is 0 Å². The number of nitrogens with two attached hydrogens (primary N) is 1. The molecule has 2 unspecified atom stereocenters. The summed E-state index contributed by atoms with van der Waals surface area (Å²) in [5.41, 5.74) is 5.50. The molecular formula is C10H12F3NO2. The summed E-state index contributed by atoms with van der Waals surface area (Å²) in [5, 5.41) is 18.2. The number of aliphatic hydroxyl groups excluding tert-OH is 1. The van der Waals surface area contributed by atoms with Crippen LogP contribution in [-0.2, 0) is 6.42 Å². The molecular weight excluding hydrogens is 223 g/mol. The van der Waals surface area contributed by atoms with Crippen molar-refractivity contribution in [3.05, 3.63) is 29.8 Å². The van der Waals surface area contributed by atoms with Crippen molar-refractivity contribution in [2.75, 3.05) is 0 Å².